The molecular formula is C30H28O3S2. The number of carbonyl (C=O) groups excluding carboxylic acids is 1. The monoisotopic (exact) mass is 500 g/mol. The van der Waals surface area contributed by atoms with Gasteiger partial charge in [0.1, 0.15) is 0 Å². The molecule has 0 unspecified atom stereocenters. The van der Waals surface area contributed by atoms with E-state index >= 15 is 0 Å². The highest BCUT2D eigenvalue weighted by atomic mass is 32.2. The zero-order valence-electron chi connectivity index (χ0n) is 20.1. The summed E-state index contributed by atoms with van der Waals surface area (Å²) >= 11 is 1.60. The third kappa shape index (κ3) is 5.75. The van der Waals surface area contributed by atoms with Crippen molar-refractivity contribution >= 4 is 27.4 Å². The Labute approximate surface area is 212 Å². The van der Waals surface area contributed by atoms with Crippen LogP contribution in [0.15, 0.2) is 118 Å². The predicted octanol–water partition coefficient (Wildman–Crippen LogP) is 7.17. The summed E-state index contributed by atoms with van der Waals surface area (Å²) in [6, 6.07) is 31.9. The largest absolute Gasteiger partial charge is 0.289 e. The average Bonchev–Trinajstić information content (AvgIpc) is 2.86. The van der Waals surface area contributed by atoms with Crippen molar-refractivity contribution in [3.05, 3.63) is 125 Å². The molecule has 0 amide bonds. The van der Waals surface area contributed by atoms with Gasteiger partial charge in [-0.15, -0.1) is 0 Å². The summed E-state index contributed by atoms with van der Waals surface area (Å²) in [5.41, 5.74) is 3.34. The topological polar surface area (TPSA) is 51.2 Å². The minimum atomic E-state index is -3.48. The molecule has 0 bridgehead atoms. The van der Waals surface area contributed by atoms with Crippen molar-refractivity contribution in [3.8, 4) is 0 Å². The smallest absolute Gasteiger partial charge is 0.193 e. The molecule has 3 nitrogen and oxygen atoms in total. The third-order valence-corrected chi connectivity index (χ3v) is 9.51. The Morgan fingerprint density at radius 1 is 0.714 bits per heavy atom. The maximum absolute atomic E-state index is 13.2. The van der Waals surface area contributed by atoms with Gasteiger partial charge in [-0.25, -0.2) is 8.42 Å². The Morgan fingerprint density at radius 3 is 1.80 bits per heavy atom. The Balaban J connectivity index is 1.42. The van der Waals surface area contributed by atoms with Crippen LogP contribution >= 0.6 is 11.8 Å². The normalized spacial score (nSPS) is 11.9. The fourth-order valence-electron chi connectivity index (χ4n) is 3.87. The van der Waals surface area contributed by atoms with Crippen molar-refractivity contribution in [2.45, 2.75) is 46.6 Å². The zero-order chi connectivity index (χ0) is 25.1. The van der Waals surface area contributed by atoms with Gasteiger partial charge in [0.05, 0.1) is 9.64 Å². The van der Waals surface area contributed by atoms with Crippen LogP contribution in [0.1, 0.15) is 40.9 Å². The molecule has 35 heavy (non-hydrogen) atoms. The summed E-state index contributed by atoms with van der Waals surface area (Å²) in [7, 11) is -3.48. The molecule has 178 valence electrons. The van der Waals surface area contributed by atoms with E-state index in [4.69, 9.17) is 0 Å². The van der Waals surface area contributed by atoms with E-state index in [-0.39, 0.29) is 5.78 Å². The summed E-state index contributed by atoms with van der Waals surface area (Å²) in [6.07, 6.45) is 0.421. The minimum Gasteiger partial charge on any atom is -0.289 e. The molecule has 0 aliphatic heterocycles. The van der Waals surface area contributed by atoms with Crippen molar-refractivity contribution in [3.63, 3.8) is 0 Å². The number of ketones is 1. The third-order valence-electron chi connectivity index (χ3n) is 6.00. The van der Waals surface area contributed by atoms with E-state index in [1.165, 1.54) is 0 Å². The molecule has 0 N–H and O–H groups in total. The first-order chi connectivity index (χ1) is 16.7. The first-order valence-corrected chi connectivity index (χ1v) is 13.7. The molecule has 0 aromatic heterocycles. The van der Waals surface area contributed by atoms with E-state index in [1.54, 1.807) is 37.7 Å². The Kier molecular flexibility index (Phi) is 7.29. The minimum absolute atomic E-state index is 0.00899. The lowest BCUT2D eigenvalue weighted by Crippen LogP contribution is -2.34. The van der Waals surface area contributed by atoms with E-state index in [1.807, 2.05) is 97.9 Å². The van der Waals surface area contributed by atoms with Crippen LogP contribution in [0, 0.1) is 6.92 Å². The predicted molar refractivity (Wildman–Crippen MR) is 143 cm³/mol. The zero-order valence-corrected chi connectivity index (χ0v) is 21.7. The van der Waals surface area contributed by atoms with Crippen molar-refractivity contribution in [2.75, 3.05) is 0 Å². The molecule has 0 saturated heterocycles. The van der Waals surface area contributed by atoms with Gasteiger partial charge in [0, 0.05) is 20.9 Å². The van der Waals surface area contributed by atoms with Crippen LogP contribution in [0.25, 0.3) is 0 Å². The lowest BCUT2D eigenvalue weighted by molar-refractivity contribution is 0.103. The first kappa shape index (κ1) is 25.0. The number of benzene rings is 4. The first-order valence-electron chi connectivity index (χ1n) is 11.4. The second kappa shape index (κ2) is 10.2. The van der Waals surface area contributed by atoms with E-state index < -0.39 is 14.6 Å². The van der Waals surface area contributed by atoms with Gasteiger partial charge in [-0.05, 0) is 81.3 Å². The standard InChI is InChI=1S/C30H28O3S2/c1-22-9-19-28(20-10-22)35(32,33)30(2,3)21-23-11-15-26(16-12-23)34-27-17-13-25(14-18-27)29(31)24-7-5-4-6-8-24/h4-20H,21H2,1-3H3. The molecular weight excluding hydrogens is 472 g/mol. The molecule has 0 radical (unpaired) electrons. The molecule has 0 spiro atoms. The van der Waals surface area contributed by atoms with Crippen LogP contribution in [0.2, 0.25) is 0 Å². The van der Waals surface area contributed by atoms with Gasteiger partial charge in [0.25, 0.3) is 0 Å². The molecule has 0 aliphatic carbocycles. The van der Waals surface area contributed by atoms with E-state index in [9.17, 15) is 13.2 Å². The van der Waals surface area contributed by atoms with Gasteiger partial charge in [0.15, 0.2) is 15.6 Å². The molecule has 0 atom stereocenters. The van der Waals surface area contributed by atoms with Crippen LogP contribution in [0.5, 0.6) is 0 Å². The summed E-state index contributed by atoms with van der Waals surface area (Å²) in [4.78, 5) is 15.0. The average molecular weight is 501 g/mol. The fraction of sp³-hybridized carbons (Fsp3) is 0.167. The highest BCUT2D eigenvalue weighted by molar-refractivity contribution is 7.99. The summed E-state index contributed by atoms with van der Waals surface area (Å²) in [5.74, 6) is 0.00899. The Hall–Kier alpha value is -3.15. The number of aryl methyl sites for hydroxylation is 1. The maximum atomic E-state index is 13.2. The van der Waals surface area contributed by atoms with Gasteiger partial charge in [0.2, 0.25) is 0 Å². The Bertz CT molecular complexity index is 1400. The molecule has 4 rings (SSSR count). The number of hydrogen-bond acceptors (Lipinski definition) is 4. The highest BCUT2D eigenvalue weighted by Gasteiger charge is 2.35. The van der Waals surface area contributed by atoms with Crippen LogP contribution in [-0.2, 0) is 16.3 Å². The van der Waals surface area contributed by atoms with Crippen LogP contribution < -0.4 is 0 Å². The molecule has 4 aromatic carbocycles. The van der Waals surface area contributed by atoms with Gasteiger partial charge in [-0.3, -0.25) is 4.79 Å². The Morgan fingerprint density at radius 2 is 1.23 bits per heavy atom. The van der Waals surface area contributed by atoms with Crippen LogP contribution in [-0.4, -0.2) is 18.9 Å². The van der Waals surface area contributed by atoms with Gasteiger partial charge >= 0.3 is 0 Å². The molecule has 0 heterocycles. The second-order valence-electron chi connectivity index (χ2n) is 9.22. The van der Waals surface area contributed by atoms with Crippen molar-refractivity contribution in [2.24, 2.45) is 0 Å². The highest BCUT2D eigenvalue weighted by Crippen LogP contribution is 2.32. The lowest BCUT2D eigenvalue weighted by atomic mass is 10.0. The molecule has 0 saturated carbocycles. The summed E-state index contributed by atoms with van der Waals surface area (Å²) in [5, 5.41) is 0. The number of hydrogen-bond donors (Lipinski definition) is 0. The number of sulfone groups is 1. The van der Waals surface area contributed by atoms with E-state index in [0.717, 1.165) is 20.9 Å². The van der Waals surface area contributed by atoms with Gasteiger partial charge in [-0.1, -0.05) is 71.9 Å². The SMILES string of the molecule is Cc1ccc(S(=O)(=O)C(C)(C)Cc2ccc(Sc3ccc(C(=O)c4ccccc4)cc3)cc2)cc1. The maximum Gasteiger partial charge on any atom is 0.193 e. The number of carbonyl (C=O) groups is 1. The van der Waals surface area contributed by atoms with E-state index in [0.29, 0.717) is 22.4 Å². The molecule has 5 heteroatoms. The quantitative estimate of drug-likeness (QED) is 0.241. The van der Waals surface area contributed by atoms with E-state index in [2.05, 4.69) is 0 Å². The van der Waals surface area contributed by atoms with Crippen LogP contribution in [0.3, 0.4) is 0 Å². The molecule has 0 fully saturated rings. The molecule has 4 aromatic rings. The number of rotatable bonds is 8. The van der Waals surface area contributed by atoms with Crippen molar-refractivity contribution in [1.29, 1.82) is 0 Å². The van der Waals surface area contributed by atoms with Crippen molar-refractivity contribution < 1.29 is 13.2 Å². The summed E-state index contributed by atoms with van der Waals surface area (Å²) < 4.78 is 25.5. The van der Waals surface area contributed by atoms with Gasteiger partial charge < -0.3 is 0 Å². The van der Waals surface area contributed by atoms with Crippen LogP contribution in [0.4, 0.5) is 0 Å². The fourth-order valence-corrected chi connectivity index (χ4v) is 6.17. The lowest BCUT2D eigenvalue weighted by Gasteiger charge is -2.25. The summed E-state index contributed by atoms with van der Waals surface area (Å²) in [6.45, 7) is 5.51. The van der Waals surface area contributed by atoms with Gasteiger partial charge in [-0.2, -0.15) is 0 Å². The second-order valence-corrected chi connectivity index (χ2v) is 12.9. The molecule has 0 aliphatic rings. The van der Waals surface area contributed by atoms with Crippen molar-refractivity contribution in [1.82, 2.24) is 0 Å².